The van der Waals surface area contributed by atoms with Crippen LogP contribution in [0.1, 0.15) is 16.3 Å². The van der Waals surface area contributed by atoms with Gasteiger partial charge >= 0.3 is 0 Å². The fraction of sp³-hybridized carbons (Fsp3) is 0.333. The minimum Gasteiger partial charge on any atom is -0.337 e. The molecule has 2 heterocycles. The van der Waals surface area contributed by atoms with Crippen LogP contribution < -0.4 is 0 Å². The third-order valence-electron chi connectivity index (χ3n) is 4.13. The molecule has 0 saturated carbocycles. The van der Waals surface area contributed by atoms with Crippen LogP contribution in [0.4, 0.5) is 0 Å². The monoisotopic (exact) mass is 395 g/mol. The third kappa shape index (κ3) is 4.82. The van der Waals surface area contributed by atoms with E-state index in [1.165, 1.54) is 0 Å². The van der Waals surface area contributed by atoms with Crippen molar-refractivity contribution >= 4 is 46.5 Å². The number of piperazine rings is 1. The van der Waals surface area contributed by atoms with Gasteiger partial charge in [0, 0.05) is 59.8 Å². The van der Waals surface area contributed by atoms with Gasteiger partial charge in [0.25, 0.3) is 0 Å². The Morgan fingerprint density at radius 1 is 1.24 bits per heavy atom. The van der Waals surface area contributed by atoms with Gasteiger partial charge in [0.2, 0.25) is 5.91 Å². The number of carbonyl (C=O) groups excluding carboxylic acids is 1. The average Bonchev–Trinajstić information content (AvgIpc) is 3.00. The van der Waals surface area contributed by atoms with Gasteiger partial charge < -0.3 is 4.90 Å². The lowest BCUT2D eigenvalue weighted by molar-refractivity contribution is -0.127. The zero-order chi connectivity index (χ0) is 17.8. The molecule has 25 heavy (non-hydrogen) atoms. The fourth-order valence-corrected chi connectivity index (χ4v) is 3.89. The number of nitrogens with zero attached hydrogens (tertiary/aromatic N) is 3. The van der Waals surface area contributed by atoms with Gasteiger partial charge in [-0.25, -0.2) is 4.98 Å². The lowest BCUT2D eigenvalue weighted by Gasteiger charge is -2.33. The SMILES string of the molecule is Cc1nc(CN2CCN(C(=O)C=Cc3c(Cl)cccc3Cl)CC2)cs1. The van der Waals surface area contributed by atoms with Crippen molar-refractivity contribution < 1.29 is 4.79 Å². The number of carbonyl (C=O) groups is 1. The fourth-order valence-electron chi connectivity index (χ4n) is 2.77. The normalized spacial score (nSPS) is 15.9. The predicted molar refractivity (Wildman–Crippen MR) is 104 cm³/mol. The highest BCUT2D eigenvalue weighted by molar-refractivity contribution is 7.09. The maximum absolute atomic E-state index is 12.4. The Kier molecular flexibility index (Phi) is 6.12. The first-order valence-electron chi connectivity index (χ1n) is 8.07. The zero-order valence-corrected chi connectivity index (χ0v) is 16.2. The van der Waals surface area contributed by atoms with Crippen molar-refractivity contribution in [2.75, 3.05) is 26.2 Å². The summed E-state index contributed by atoms with van der Waals surface area (Å²) in [6, 6.07) is 5.31. The van der Waals surface area contributed by atoms with E-state index < -0.39 is 0 Å². The second-order valence-corrected chi connectivity index (χ2v) is 7.80. The van der Waals surface area contributed by atoms with Crippen molar-refractivity contribution in [1.29, 1.82) is 0 Å². The van der Waals surface area contributed by atoms with Gasteiger partial charge in [-0.2, -0.15) is 0 Å². The van der Waals surface area contributed by atoms with Crippen LogP contribution in [-0.2, 0) is 11.3 Å². The molecule has 3 rings (SSSR count). The van der Waals surface area contributed by atoms with E-state index in [0.717, 1.165) is 30.3 Å². The molecule has 7 heteroatoms. The number of aromatic nitrogens is 1. The minimum atomic E-state index is -0.0138. The van der Waals surface area contributed by atoms with Crippen molar-refractivity contribution in [2.24, 2.45) is 0 Å². The van der Waals surface area contributed by atoms with Crippen LogP contribution in [0.25, 0.3) is 6.08 Å². The smallest absolute Gasteiger partial charge is 0.246 e. The summed E-state index contributed by atoms with van der Waals surface area (Å²) in [5, 5.41) is 4.27. The van der Waals surface area contributed by atoms with E-state index in [1.54, 1.807) is 41.7 Å². The van der Waals surface area contributed by atoms with Crippen molar-refractivity contribution in [3.05, 3.63) is 56.0 Å². The number of rotatable bonds is 4. The van der Waals surface area contributed by atoms with Crippen LogP contribution in [0, 0.1) is 6.92 Å². The van der Waals surface area contributed by atoms with Gasteiger partial charge in [0.05, 0.1) is 10.7 Å². The van der Waals surface area contributed by atoms with Crippen molar-refractivity contribution in [3.63, 3.8) is 0 Å². The summed E-state index contributed by atoms with van der Waals surface area (Å²) < 4.78 is 0. The standard InChI is InChI=1S/C18H19Cl2N3OS/c1-13-21-14(12-25-13)11-22-7-9-23(10-8-22)18(24)6-5-15-16(19)3-2-4-17(15)20/h2-6,12H,7-11H2,1H3. The summed E-state index contributed by atoms with van der Waals surface area (Å²) in [6.45, 7) is 5.98. The molecule has 1 saturated heterocycles. The zero-order valence-electron chi connectivity index (χ0n) is 13.9. The van der Waals surface area contributed by atoms with Crippen LogP contribution in [0.5, 0.6) is 0 Å². The molecule has 1 aliphatic rings. The molecule has 1 amide bonds. The molecule has 0 bridgehead atoms. The Morgan fingerprint density at radius 2 is 1.92 bits per heavy atom. The van der Waals surface area contributed by atoms with Crippen LogP contribution in [0.2, 0.25) is 10.0 Å². The summed E-state index contributed by atoms with van der Waals surface area (Å²) in [4.78, 5) is 21.1. The highest BCUT2D eigenvalue weighted by Crippen LogP contribution is 2.25. The second kappa shape index (κ2) is 8.32. The van der Waals surface area contributed by atoms with E-state index in [-0.39, 0.29) is 5.91 Å². The molecular weight excluding hydrogens is 377 g/mol. The Bertz CT molecular complexity index is 762. The maximum atomic E-state index is 12.4. The van der Waals surface area contributed by atoms with Gasteiger partial charge in [0.1, 0.15) is 0 Å². The van der Waals surface area contributed by atoms with E-state index in [9.17, 15) is 4.79 Å². The van der Waals surface area contributed by atoms with Crippen LogP contribution in [0.3, 0.4) is 0 Å². The molecule has 0 unspecified atom stereocenters. The van der Waals surface area contributed by atoms with Crippen molar-refractivity contribution in [1.82, 2.24) is 14.8 Å². The molecule has 0 radical (unpaired) electrons. The Morgan fingerprint density at radius 3 is 2.52 bits per heavy atom. The first-order valence-corrected chi connectivity index (χ1v) is 9.71. The summed E-state index contributed by atoms with van der Waals surface area (Å²) in [5.41, 5.74) is 1.78. The van der Waals surface area contributed by atoms with E-state index in [0.29, 0.717) is 28.7 Å². The molecule has 0 atom stereocenters. The molecule has 0 spiro atoms. The van der Waals surface area contributed by atoms with Gasteiger partial charge in [-0.15, -0.1) is 11.3 Å². The van der Waals surface area contributed by atoms with Crippen LogP contribution in [0.15, 0.2) is 29.7 Å². The molecular formula is C18H19Cl2N3OS. The molecule has 1 fully saturated rings. The molecule has 0 N–H and O–H groups in total. The molecule has 1 aromatic carbocycles. The summed E-state index contributed by atoms with van der Waals surface area (Å²) in [5.74, 6) is -0.0138. The van der Waals surface area contributed by atoms with Crippen LogP contribution >= 0.6 is 34.5 Å². The number of amides is 1. The van der Waals surface area contributed by atoms with E-state index >= 15 is 0 Å². The largest absolute Gasteiger partial charge is 0.337 e. The lowest BCUT2D eigenvalue weighted by Crippen LogP contribution is -2.47. The number of thiazole rings is 1. The maximum Gasteiger partial charge on any atom is 0.246 e. The molecule has 1 aromatic heterocycles. The topological polar surface area (TPSA) is 36.4 Å². The van der Waals surface area contributed by atoms with Gasteiger partial charge in [0.15, 0.2) is 0 Å². The van der Waals surface area contributed by atoms with Gasteiger partial charge in [-0.3, -0.25) is 9.69 Å². The lowest BCUT2D eigenvalue weighted by atomic mass is 10.2. The Balaban J connectivity index is 1.54. The van der Waals surface area contributed by atoms with Gasteiger partial charge in [-0.05, 0) is 25.1 Å². The van der Waals surface area contributed by atoms with E-state index in [4.69, 9.17) is 23.2 Å². The molecule has 1 aliphatic heterocycles. The first kappa shape index (κ1) is 18.4. The average molecular weight is 396 g/mol. The highest BCUT2D eigenvalue weighted by atomic mass is 35.5. The number of hydrogen-bond donors (Lipinski definition) is 0. The van der Waals surface area contributed by atoms with Crippen molar-refractivity contribution in [3.8, 4) is 0 Å². The minimum absolute atomic E-state index is 0.0138. The summed E-state index contributed by atoms with van der Waals surface area (Å²) >= 11 is 13.9. The van der Waals surface area contributed by atoms with Crippen LogP contribution in [-0.4, -0.2) is 46.9 Å². The number of halogens is 2. The first-order chi connectivity index (χ1) is 12.0. The molecule has 132 valence electrons. The number of hydrogen-bond acceptors (Lipinski definition) is 4. The Labute approximate surface area is 161 Å². The van der Waals surface area contributed by atoms with E-state index in [2.05, 4.69) is 15.3 Å². The van der Waals surface area contributed by atoms with Crippen molar-refractivity contribution in [2.45, 2.75) is 13.5 Å². The highest BCUT2D eigenvalue weighted by Gasteiger charge is 2.20. The predicted octanol–water partition coefficient (Wildman–Crippen LogP) is 4.12. The third-order valence-corrected chi connectivity index (χ3v) is 5.61. The summed E-state index contributed by atoms with van der Waals surface area (Å²) in [7, 11) is 0. The molecule has 0 aliphatic carbocycles. The van der Waals surface area contributed by atoms with E-state index in [1.807, 2.05) is 11.8 Å². The second-order valence-electron chi connectivity index (χ2n) is 5.93. The Hall–Kier alpha value is -1.40. The number of aryl methyl sites for hydroxylation is 1. The number of benzene rings is 1. The van der Waals surface area contributed by atoms with Gasteiger partial charge in [-0.1, -0.05) is 29.3 Å². The summed E-state index contributed by atoms with van der Waals surface area (Å²) in [6.07, 6.45) is 3.24. The quantitative estimate of drug-likeness (QED) is 0.730. The molecule has 2 aromatic rings. The molecule has 4 nitrogen and oxygen atoms in total.